The van der Waals surface area contributed by atoms with Crippen molar-refractivity contribution < 1.29 is 8.83 Å². The molecule has 0 spiro atoms. The van der Waals surface area contributed by atoms with E-state index in [0.29, 0.717) is 0 Å². The van der Waals surface area contributed by atoms with Crippen LogP contribution in [0.5, 0.6) is 0 Å². The lowest BCUT2D eigenvalue weighted by Crippen LogP contribution is -1.93. The van der Waals surface area contributed by atoms with Gasteiger partial charge in [-0.2, -0.15) is 0 Å². The Hall–Kier alpha value is -7.82. The molecule has 266 valence electrons. The molecule has 0 aliphatic carbocycles. The Bertz CT molecular complexity index is 3960. The summed E-state index contributed by atoms with van der Waals surface area (Å²) in [5, 5.41) is 14.4. The van der Waals surface area contributed by atoms with Crippen LogP contribution in [0.15, 0.2) is 179 Å². The van der Waals surface area contributed by atoms with Crippen LogP contribution >= 0.6 is 0 Å². The minimum atomic E-state index is 0.911. The summed E-state index contributed by atoms with van der Waals surface area (Å²) in [5.41, 5.74) is 15.9. The van der Waals surface area contributed by atoms with Crippen LogP contribution in [0.1, 0.15) is 0 Å². The first kappa shape index (κ1) is 29.5. The van der Waals surface area contributed by atoms with Gasteiger partial charge in [-0.1, -0.05) is 133 Å². The van der Waals surface area contributed by atoms with Crippen LogP contribution in [-0.4, -0.2) is 8.80 Å². The Morgan fingerprint density at radius 3 is 1.14 bits per heavy atom. The zero-order valence-electron chi connectivity index (χ0n) is 30.9. The smallest absolute Gasteiger partial charge is 0.136 e. The van der Waals surface area contributed by atoms with Gasteiger partial charge in [-0.15, -0.1) is 0 Å². The molecule has 0 aliphatic heterocycles. The summed E-state index contributed by atoms with van der Waals surface area (Å²) >= 11 is 0. The fourth-order valence-electron chi connectivity index (χ4n) is 10.9. The van der Waals surface area contributed by atoms with Gasteiger partial charge in [0, 0.05) is 75.8 Å². The standard InChI is InChI=1S/C54H28N2O2/c1-3-13-29(14-4-1)47-49-35-21-11-19-33-38-28-46-40(32-18-8-10-24-44(32)58-46)26-42(38)56(51(33)35)54(49)48(30-15-5-2-6-16-30)50-36-22-12-20-34-37-27-45-39(31-17-7-9-23-43(31)57-45)25-41(37)55(52(34)36)53(47)50/h1-28H. The number of fused-ring (bicyclic) bond motifs is 18. The fourth-order valence-corrected chi connectivity index (χ4v) is 10.9. The predicted octanol–water partition coefficient (Wildman–Crippen LogP) is 15.1. The summed E-state index contributed by atoms with van der Waals surface area (Å²) in [4.78, 5) is 0. The van der Waals surface area contributed by atoms with Crippen LogP contribution in [-0.2, 0) is 0 Å². The van der Waals surface area contributed by atoms with Crippen molar-refractivity contribution in [1.29, 1.82) is 0 Å². The molecule has 0 atom stereocenters. The van der Waals surface area contributed by atoms with E-state index in [2.05, 4.69) is 167 Å². The van der Waals surface area contributed by atoms with E-state index in [-0.39, 0.29) is 0 Å². The second kappa shape index (κ2) is 10.1. The number of rotatable bonds is 2. The van der Waals surface area contributed by atoms with Gasteiger partial charge in [0.2, 0.25) is 0 Å². The molecule has 0 radical (unpaired) electrons. The van der Waals surface area contributed by atoms with E-state index < -0.39 is 0 Å². The summed E-state index contributed by atoms with van der Waals surface area (Å²) in [6, 6.07) is 61.9. The molecule has 0 bridgehead atoms. The van der Waals surface area contributed by atoms with Gasteiger partial charge < -0.3 is 17.6 Å². The number of furan rings is 2. The minimum Gasteiger partial charge on any atom is -0.456 e. The van der Waals surface area contributed by atoms with Crippen LogP contribution in [0.3, 0.4) is 0 Å². The van der Waals surface area contributed by atoms with E-state index in [1.807, 2.05) is 12.1 Å². The van der Waals surface area contributed by atoms with Gasteiger partial charge in [0.15, 0.2) is 0 Å². The number of para-hydroxylation sites is 4. The molecule has 0 fully saturated rings. The molecular weight excluding hydrogens is 709 g/mol. The monoisotopic (exact) mass is 736 g/mol. The Morgan fingerprint density at radius 2 is 0.672 bits per heavy atom. The van der Waals surface area contributed by atoms with Crippen molar-refractivity contribution in [3.63, 3.8) is 0 Å². The maximum absolute atomic E-state index is 6.49. The number of hydrogen-bond donors (Lipinski definition) is 0. The summed E-state index contributed by atoms with van der Waals surface area (Å²) in [6.45, 7) is 0. The lowest BCUT2D eigenvalue weighted by Gasteiger charge is -2.16. The van der Waals surface area contributed by atoms with E-state index in [9.17, 15) is 0 Å². The second-order valence-electron chi connectivity index (χ2n) is 15.9. The predicted molar refractivity (Wildman–Crippen MR) is 241 cm³/mol. The van der Waals surface area contributed by atoms with E-state index >= 15 is 0 Å². The topological polar surface area (TPSA) is 35.1 Å². The van der Waals surface area contributed by atoms with Crippen LogP contribution in [0, 0.1) is 0 Å². The average Bonchev–Trinajstić information content (AvgIpc) is 4.12. The van der Waals surface area contributed by atoms with Crippen molar-refractivity contribution in [1.82, 2.24) is 8.80 Å². The van der Waals surface area contributed by atoms with E-state index in [1.54, 1.807) is 0 Å². The van der Waals surface area contributed by atoms with Gasteiger partial charge in [0.05, 0.1) is 33.1 Å². The molecule has 15 aromatic rings. The highest BCUT2D eigenvalue weighted by Crippen LogP contribution is 2.54. The zero-order chi connectivity index (χ0) is 37.4. The van der Waals surface area contributed by atoms with E-state index in [1.165, 1.54) is 98.4 Å². The quantitative estimate of drug-likeness (QED) is 0.177. The summed E-state index contributed by atoms with van der Waals surface area (Å²) in [6.07, 6.45) is 0. The summed E-state index contributed by atoms with van der Waals surface area (Å²) < 4.78 is 18.1. The lowest BCUT2D eigenvalue weighted by molar-refractivity contribution is 0.669. The molecule has 0 N–H and O–H groups in total. The van der Waals surface area contributed by atoms with Crippen molar-refractivity contribution in [2.24, 2.45) is 0 Å². The van der Waals surface area contributed by atoms with E-state index in [4.69, 9.17) is 8.83 Å². The molecule has 4 heteroatoms. The van der Waals surface area contributed by atoms with Crippen LogP contribution in [0.25, 0.3) is 142 Å². The van der Waals surface area contributed by atoms with Crippen molar-refractivity contribution in [2.75, 3.05) is 0 Å². The maximum atomic E-state index is 6.49. The molecule has 58 heavy (non-hydrogen) atoms. The lowest BCUT2D eigenvalue weighted by atomic mass is 9.89. The molecule has 0 aliphatic rings. The first-order chi connectivity index (χ1) is 28.8. The molecule has 6 aromatic heterocycles. The first-order valence-electron chi connectivity index (χ1n) is 19.9. The van der Waals surface area contributed by atoms with Crippen LogP contribution < -0.4 is 0 Å². The maximum Gasteiger partial charge on any atom is 0.136 e. The zero-order valence-corrected chi connectivity index (χ0v) is 30.9. The third-order valence-corrected chi connectivity index (χ3v) is 13.1. The normalized spacial score (nSPS) is 12.8. The van der Waals surface area contributed by atoms with Crippen LogP contribution in [0.2, 0.25) is 0 Å². The number of aromatic nitrogens is 2. The SMILES string of the molecule is c1ccc(-c2c3c4cccc5c6cc7oc8ccccc8c7cc6n(c3c(-c3ccccc3)c3c6cccc7c8cc9oc%10ccccc%10c9cc8n(c23)c76)c54)cc1. The minimum absolute atomic E-state index is 0.911. The molecular formula is C54H28N2O2. The molecule has 0 saturated heterocycles. The fraction of sp³-hybridized carbons (Fsp3) is 0. The summed E-state index contributed by atoms with van der Waals surface area (Å²) in [5.74, 6) is 0. The molecule has 0 saturated carbocycles. The highest BCUT2D eigenvalue weighted by atomic mass is 16.3. The Kier molecular flexibility index (Phi) is 5.14. The van der Waals surface area contributed by atoms with Gasteiger partial charge in [-0.25, -0.2) is 0 Å². The van der Waals surface area contributed by atoms with Gasteiger partial charge in [0.25, 0.3) is 0 Å². The van der Waals surface area contributed by atoms with Gasteiger partial charge in [-0.05, 0) is 47.5 Å². The third-order valence-electron chi connectivity index (χ3n) is 13.1. The Labute approximate surface area is 328 Å². The number of benzene rings is 9. The molecule has 9 aromatic carbocycles. The van der Waals surface area contributed by atoms with Crippen molar-refractivity contribution in [3.8, 4) is 22.3 Å². The molecule has 15 rings (SSSR count). The number of nitrogens with zero attached hydrogens (tertiary/aromatic N) is 2. The van der Waals surface area contributed by atoms with Crippen molar-refractivity contribution >= 4 is 120 Å². The second-order valence-corrected chi connectivity index (χ2v) is 15.9. The molecule has 0 unspecified atom stereocenters. The Balaban J connectivity index is 1.27. The third kappa shape index (κ3) is 3.38. The highest BCUT2D eigenvalue weighted by Gasteiger charge is 2.31. The first-order valence-corrected chi connectivity index (χ1v) is 19.9. The number of hydrogen-bond acceptors (Lipinski definition) is 2. The molecule has 6 heterocycles. The van der Waals surface area contributed by atoms with Crippen LogP contribution in [0.4, 0.5) is 0 Å². The highest BCUT2D eigenvalue weighted by molar-refractivity contribution is 6.38. The molecule has 0 amide bonds. The average molecular weight is 737 g/mol. The van der Waals surface area contributed by atoms with Gasteiger partial charge >= 0.3 is 0 Å². The van der Waals surface area contributed by atoms with Crippen molar-refractivity contribution in [3.05, 3.63) is 170 Å². The van der Waals surface area contributed by atoms with Gasteiger partial charge in [0.1, 0.15) is 22.3 Å². The largest absolute Gasteiger partial charge is 0.456 e. The summed E-state index contributed by atoms with van der Waals surface area (Å²) in [7, 11) is 0. The molecule has 4 nitrogen and oxygen atoms in total. The Morgan fingerprint density at radius 1 is 0.276 bits per heavy atom. The van der Waals surface area contributed by atoms with E-state index in [0.717, 1.165) is 43.9 Å². The van der Waals surface area contributed by atoms with Gasteiger partial charge in [-0.3, -0.25) is 0 Å². The van der Waals surface area contributed by atoms with Crippen molar-refractivity contribution in [2.45, 2.75) is 0 Å².